The number of carbonyl (C=O) groups excluding carboxylic acids is 1. The van der Waals surface area contributed by atoms with E-state index in [0.29, 0.717) is 11.6 Å². The van der Waals surface area contributed by atoms with Crippen LogP contribution < -0.4 is 15.4 Å². The van der Waals surface area contributed by atoms with Crippen LogP contribution in [0.4, 0.5) is 16.4 Å². The molecule has 0 aliphatic heterocycles. The van der Waals surface area contributed by atoms with Gasteiger partial charge < -0.3 is 14.6 Å². The highest BCUT2D eigenvalue weighted by molar-refractivity contribution is 5.98. The molecule has 0 spiro atoms. The molecule has 0 atom stereocenters. The Balaban J connectivity index is 1.96. The number of nitrogens with one attached hydrogen (secondary N) is 2. The van der Waals surface area contributed by atoms with E-state index in [2.05, 4.69) is 15.8 Å². The minimum absolute atomic E-state index is 0.129. The number of anilines is 2. The Morgan fingerprint density at radius 1 is 1.19 bits per heavy atom. The second kappa shape index (κ2) is 5.87. The lowest BCUT2D eigenvalue weighted by atomic mass is 9.92. The van der Waals surface area contributed by atoms with Gasteiger partial charge in [0.1, 0.15) is 5.75 Å². The standard InChI is InChI=1S/C15H19N3O3/c1-15(2,3)12-9-13(21-18-12)17-14(19)16-10-5-7-11(20-4)8-6-10/h5-9H,1-4H3,(H2,16,17,19). The Morgan fingerprint density at radius 2 is 1.86 bits per heavy atom. The summed E-state index contributed by atoms with van der Waals surface area (Å²) in [5.74, 6) is 1.04. The number of urea groups is 1. The number of amides is 2. The van der Waals surface area contributed by atoms with Crippen LogP contribution in [0.25, 0.3) is 0 Å². The van der Waals surface area contributed by atoms with Crippen molar-refractivity contribution >= 4 is 17.6 Å². The summed E-state index contributed by atoms with van der Waals surface area (Å²) in [6.07, 6.45) is 0. The van der Waals surface area contributed by atoms with Gasteiger partial charge in [0, 0.05) is 17.2 Å². The Labute approximate surface area is 123 Å². The van der Waals surface area contributed by atoms with Gasteiger partial charge in [-0.3, -0.25) is 5.32 Å². The average molecular weight is 289 g/mol. The maximum absolute atomic E-state index is 11.9. The van der Waals surface area contributed by atoms with Crippen LogP contribution in [0.3, 0.4) is 0 Å². The van der Waals surface area contributed by atoms with Gasteiger partial charge in [-0.2, -0.15) is 0 Å². The minimum atomic E-state index is -0.392. The molecule has 0 radical (unpaired) electrons. The third-order valence-electron chi connectivity index (χ3n) is 2.86. The fourth-order valence-corrected chi connectivity index (χ4v) is 1.64. The number of hydrogen-bond donors (Lipinski definition) is 2. The van der Waals surface area contributed by atoms with Gasteiger partial charge in [-0.1, -0.05) is 25.9 Å². The van der Waals surface area contributed by atoms with Crippen molar-refractivity contribution in [3.8, 4) is 5.75 Å². The second-order valence-corrected chi connectivity index (χ2v) is 5.63. The molecule has 0 unspecified atom stereocenters. The Bertz CT molecular complexity index is 612. The number of aromatic nitrogens is 1. The molecule has 1 aromatic heterocycles. The summed E-state index contributed by atoms with van der Waals surface area (Å²) in [5, 5.41) is 9.23. The van der Waals surface area contributed by atoms with Gasteiger partial charge in [0.25, 0.3) is 0 Å². The van der Waals surface area contributed by atoms with E-state index in [1.807, 2.05) is 20.8 Å². The van der Waals surface area contributed by atoms with Crippen LogP contribution in [0, 0.1) is 0 Å². The van der Waals surface area contributed by atoms with Crippen molar-refractivity contribution in [3.05, 3.63) is 36.0 Å². The first-order chi connectivity index (χ1) is 9.88. The zero-order valence-electron chi connectivity index (χ0n) is 12.6. The molecule has 6 nitrogen and oxygen atoms in total. The number of ether oxygens (including phenoxy) is 1. The third kappa shape index (κ3) is 3.98. The van der Waals surface area contributed by atoms with Gasteiger partial charge in [-0.25, -0.2) is 4.79 Å². The molecule has 2 aromatic rings. The first kappa shape index (κ1) is 14.9. The molecule has 0 fully saturated rings. The largest absolute Gasteiger partial charge is 0.497 e. The van der Waals surface area contributed by atoms with E-state index in [0.717, 1.165) is 11.4 Å². The molecule has 0 aliphatic rings. The molecular weight excluding hydrogens is 270 g/mol. The summed E-state index contributed by atoms with van der Waals surface area (Å²) in [5.41, 5.74) is 1.31. The van der Waals surface area contributed by atoms with Gasteiger partial charge >= 0.3 is 6.03 Å². The maximum Gasteiger partial charge on any atom is 0.326 e. The smallest absolute Gasteiger partial charge is 0.326 e. The summed E-state index contributed by atoms with van der Waals surface area (Å²) in [6.45, 7) is 6.06. The van der Waals surface area contributed by atoms with Crippen molar-refractivity contribution in [2.75, 3.05) is 17.7 Å². The zero-order chi connectivity index (χ0) is 15.5. The van der Waals surface area contributed by atoms with E-state index in [1.165, 1.54) is 0 Å². The normalized spacial score (nSPS) is 11.0. The first-order valence-electron chi connectivity index (χ1n) is 6.58. The number of benzene rings is 1. The van der Waals surface area contributed by atoms with Crippen molar-refractivity contribution in [2.45, 2.75) is 26.2 Å². The average Bonchev–Trinajstić information content (AvgIpc) is 2.88. The van der Waals surface area contributed by atoms with Crippen molar-refractivity contribution in [2.24, 2.45) is 0 Å². The van der Waals surface area contributed by atoms with Crippen LogP contribution in [0.2, 0.25) is 0 Å². The topological polar surface area (TPSA) is 76.4 Å². The van der Waals surface area contributed by atoms with Crippen molar-refractivity contribution < 1.29 is 14.1 Å². The predicted molar refractivity (Wildman–Crippen MR) is 80.8 cm³/mol. The minimum Gasteiger partial charge on any atom is -0.497 e. The molecule has 2 rings (SSSR count). The van der Waals surface area contributed by atoms with Crippen molar-refractivity contribution in [1.82, 2.24) is 5.16 Å². The van der Waals surface area contributed by atoms with E-state index in [-0.39, 0.29) is 5.41 Å². The highest BCUT2D eigenvalue weighted by atomic mass is 16.5. The Morgan fingerprint density at radius 3 is 2.38 bits per heavy atom. The first-order valence-corrected chi connectivity index (χ1v) is 6.58. The van der Waals surface area contributed by atoms with E-state index >= 15 is 0 Å². The molecule has 0 saturated heterocycles. The van der Waals surface area contributed by atoms with E-state index in [4.69, 9.17) is 9.26 Å². The van der Waals surface area contributed by atoms with E-state index in [1.54, 1.807) is 37.4 Å². The molecule has 21 heavy (non-hydrogen) atoms. The van der Waals surface area contributed by atoms with E-state index < -0.39 is 6.03 Å². The summed E-state index contributed by atoms with van der Waals surface area (Å²) >= 11 is 0. The molecule has 0 aliphatic carbocycles. The lowest BCUT2D eigenvalue weighted by molar-refractivity contribution is 0.261. The summed E-state index contributed by atoms with van der Waals surface area (Å²) < 4.78 is 10.1. The van der Waals surface area contributed by atoms with Crippen LogP contribution in [0.5, 0.6) is 5.75 Å². The number of carbonyl (C=O) groups is 1. The van der Waals surface area contributed by atoms with Gasteiger partial charge in [0.15, 0.2) is 0 Å². The monoisotopic (exact) mass is 289 g/mol. The quantitative estimate of drug-likeness (QED) is 0.904. The SMILES string of the molecule is COc1ccc(NC(=O)Nc2cc(C(C)(C)C)no2)cc1. The molecule has 1 aromatic carbocycles. The fourth-order valence-electron chi connectivity index (χ4n) is 1.64. The zero-order valence-corrected chi connectivity index (χ0v) is 12.6. The molecule has 112 valence electrons. The van der Waals surface area contributed by atoms with Crippen LogP contribution >= 0.6 is 0 Å². The lowest BCUT2D eigenvalue weighted by Gasteiger charge is -2.12. The Kier molecular flexibility index (Phi) is 4.16. The highest BCUT2D eigenvalue weighted by Crippen LogP contribution is 2.23. The van der Waals surface area contributed by atoms with Crippen LogP contribution in [0.15, 0.2) is 34.9 Å². The highest BCUT2D eigenvalue weighted by Gasteiger charge is 2.19. The van der Waals surface area contributed by atoms with Crippen molar-refractivity contribution in [1.29, 1.82) is 0 Å². The predicted octanol–water partition coefficient (Wildman–Crippen LogP) is 3.62. The molecular formula is C15H19N3O3. The fraction of sp³-hybridized carbons (Fsp3) is 0.333. The molecule has 0 saturated carbocycles. The number of nitrogens with zero attached hydrogens (tertiary/aromatic N) is 1. The number of rotatable bonds is 3. The third-order valence-corrected chi connectivity index (χ3v) is 2.86. The Hall–Kier alpha value is -2.50. The van der Waals surface area contributed by atoms with Crippen LogP contribution in [-0.4, -0.2) is 18.3 Å². The molecule has 0 bridgehead atoms. The van der Waals surface area contributed by atoms with Gasteiger partial charge in [0.05, 0.1) is 12.8 Å². The molecule has 2 amide bonds. The van der Waals surface area contributed by atoms with Crippen LogP contribution in [-0.2, 0) is 5.41 Å². The second-order valence-electron chi connectivity index (χ2n) is 5.63. The number of hydrogen-bond acceptors (Lipinski definition) is 4. The van der Waals surface area contributed by atoms with E-state index in [9.17, 15) is 4.79 Å². The number of methoxy groups -OCH3 is 1. The molecule has 1 heterocycles. The molecule has 6 heteroatoms. The summed E-state index contributed by atoms with van der Waals surface area (Å²) in [4.78, 5) is 11.9. The van der Waals surface area contributed by atoms with Crippen LogP contribution in [0.1, 0.15) is 26.5 Å². The summed E-state index contributed by atoms with van der Waals surface area (Å²) in [6, 6.07) is 8.35. The van der Waals surface area contributed by atoms with Gasteiger partial charge in [-0.05, 0) is 24.3 Å². The lowest BCUT2D eigenvalue weighted by Crippen LogP contribution is -2.19. The maximum atomic E-state index is 11.9. The van der Waals surface area contributed by atoms with Gasteiger partial charge in [-0.15, -0.1) is 0 Å². The summed E-state index contributed by atoms with van der Waals surface area (Å²) in [7, 11) is 1.59. The van der Waals surface area contributed by atoms with Crippen molar-refractivity contribution in [3.63, 3.8) is 0 Å². The molecule has 2 N–H and O–H groups in total. The van der Waals surface area contributed by atoms with Gasteiger partial charge in [0.2, 0.25) is 5.88 Å².